The molecule has 1 aliphatic rings. The van der Waals surface area contributed by atoms with Crippen LogP contribution in [0.1, 0.15) is 39.0 Å². The first-order valence-corrected chi connectivity index (χ1v) is 6.43. The Bertz CT molecular complexity index is 262. The molecule has 0 spiro atoms. The molecule has 3 N–H and O–H groups in total. The van der Waals surface area contributed by atoms with Crippen LogP contribution in [0.5, 0.6) is 0 Å². The van der Waals surface area contributed by atoms with Gasteiger partial charge in [-0.15, -0.1) is 0 Å². The Kier molecular flexibility index (Phi) is 5.97. The molecule has 0 aromatic heterocycles. The van der Waals surface area contributed by atoms with Crippen molar-refractivity contribution in [3.05, 3.63) is 0 Å². The maximum atomic E-state index is 12.0. The van der Waals surface area contributed by atoms with Gasteiger partial charge in [-0.2, -0.15) is 0 Å². The zero-order valence-corrected chi connectivity index (χ0v) is 10.6. The third kappa shape index (κ3) is 4.73. The summed E-state index contributed by atoms with van der Waals surface area (Å²) in [6.07, 6.45) is 4.47. The summed E-state index contributed by atoms with van der Waals surface area (Å²) in [7, 11) is 0. The highest BCUT2D eigenvalue weighted by molar-refractivity contribution is 5.84. The standard InChI is InChI=1S/C12H23N3O2/c1-2-3-4-5-12(17)15(9-11(13)16)10-6-7-14-8-10/h10,14H,2-9H2,1H3,(H2,13,16). The summed E-state index contributed by atoms with van der Waals surface area (Å²) in [4.78, 5) is 24.7. The Morgan fingerprint density at radius 1 is 1.41 bits per heavy atom. The molecule has 1 rings (SSSR count). The molecule has 5 heteroatoms. The topological polar surface area (TPSA) is 75.4 Å². The molecule has 98 valence electrons. The van der Waals surface area contributed by atoms with Gasteiger partial charge in [0.2, 0.25) is 11.8 Å². The van der Waals surface area contributed by atoms with Gasteiger partial charge in [-0.25, -0.2) is 0 Å². The van der Waals surface area contributed by atoms with Crippen molar-refractivity contribution < 1.29 is 9.59 Å². The van der Waals surface area contributed by atoms with Gasteiger partial charge in [0, 0.05) is 19.0 Å². The fourth-order valence-corrected chi connectivity index (χ4v) is 2.16. The minimum atomic E-state index is -0.430. The molecule has 0 bridgehead atoms. The highest BCUT2D eigenvalue weighted by atomic mass is 16.2. The van der Waals surface area contributed by atoms with Crippen LogP contribution < -0.4 is 11.1 Å². The fraction of sp³-hybridized carbons (Fsp3) is 0.833. The van der Waals surface area contributed by atoms with E-state index < -0.39 is 5.91 Å². The number of nitrogens with one attached hydrogen (secondary N) is 1. The minimum Gasteiger partial charge on any atom is -0.368 e. The lowest BCUT2D eigenvalue weighted by molar-refractivity contribution is -0.137. The molecule has 0 saturated carbocycles. The van der Waals surface area contributed by atoms with Crippen molar-refractivity contribution >= 4 is 11.8 Å². The van der Waals surface area contributed by atoms with Gasteiger partial charge in [0.1, 0.15) is 0 Å². The molecule has 1 heterocycles. The number of amides is 2. The Hall–Kier alpha value is -1.10. The van der Waals surface area contributed by atoms with Gasteiger partial charge >= 0.3 is 0 Å². The van der Waals surface area contributed by atoms with E-state index >= 15 is 0 Å². The van der Waals surface area contributed by atoms with Crippen LogP contribution in [0.3, 0.4) is 0 Å². The Labute approximate surface area is 103 Å². The quantitative estimate of drug-likeness (QED) is 0.627. The third-order valence-electron chi connectivity index (χ3n) is 3.12. The van der Waals surface area contributed by atoms with Crippen molar-refractivity contribution in [2.45, 2.75) is 45.1 Å². The van der Waals surface area contributed by atoms with Crippen molar-refractivity contribution in [1.82, 2.24) is 10.2 Å². The molecule has 0 aromatic rings. The maximum Gasteiger partial charge on any atom is 0.237 e. The van der Waals surface area contributed by atoms with Crippen LogP contribution in [0.2, 0.25) is 0 Å². The van der Waals surface area contributed by atoms with E-state index in [-0.39, 0.29) is 18.5 Å². The predicted octanol–water partition coefficient (Wildman–Crippen LogP) is 0.243. The molecule has 1 atom stereocenters. The number of unbranched alkanes of at least 4 members (excludes halogenated alkanes) is 2. The fourth-order valence-electron chi connectivity index (χ4n) is 2.16. The van der Waals surface area contributed by atoms with Crippen molar-refractivity contribution in [1.29, 1.82) is 0 Å². The lowest BCUT2D eigenvalue weighted by atomic mass is 10.1. The van der Waals surface area contributed by atoms with Crippen molar-refractivity contribution in [2.24, 2.45) is 5.73 Å². The van der Waals surface area contributed by atoms with Crippen LogP contribution in [-0.2, 0) is 9.59 Å². The van der Waals surface area contributed by atoms with Gasteiger partial charge in [0.05, 0.1) is 6.54 Å². The van der Waals surface area contributed by atoms with Gasteiger partial charge in [-0.1, -0.05) is 19.8 Å². The summed E-state index contributed by atoms with van der Waals surface area (Å²) in [5.41, 5.74) is 5.20. The molecule has 0 aliphatic carbocycles. The molecule has 1 saturated heterocycles. The Morgan fingerprint density at radius 3 is 2.71 bits per heavy atom. The summed E-state index contributed by atoms with van der Waals surface area (Å²) < 4.78 is 0. The number of hydrogen-bond acceptors (Lipinski definition) is 3. The van der Waals surface area contributed by atoms with E-state index in [1.165, 1.54) is 0 Å². The molecule has 1 unspecified atom stereocenters. The molecule has 0 radical (unpaired) electrons. The zero-order valence-electron chi connectivity index (χ0n) is 10.6. The van der Waals surface area contributed by atoms with E-state index in [0.717, 1.165) is 38.8 Å². The molecular weight excluding hydrogens is 218 g/mol. The van der Waals surface area contributed by atoms with Gasteiger partial charge in [0.25, 0.3) is 0 Å². The molecule has 1 fully saturated rings. The average Bonchev–Trinajstić information content (AvgIpc) is 2.79. The number of carbonyl (C=O) groups is 2. The van der Waals surface area contributed by atoms with Gasteiger partial charge < -0.3 is 16.0 Å². The zero-order chi connectivity index (χ0) is 12.7. The third-order valence-corrected chi connectivity index (χ3v) is 3.12. The Morgan fingerprint density at radius 2 is 2.18 bits per heavy atom. The van der Waals surface area contributed by atoms with Crippen molar-refractivity contribution in [3.63, 3.8) is 0 Å². The highest BCUT2D eigenvalue weighted by Gasteiger charge is 2.26. The molecule has 2 amide bonds. The first-order valence-electron chi connectivity index (χ1n) is 6.43. The van der Waals surface area contributed by atoms with Crippen LogP contribution in [-0.4, -0.2) is 42.4 Å². The van der Waals surface area contributed by atoms with Gasteiger partial charge in [-0.05, 0) is 19.4 Å². The number of carbonyl (C=O) groups excluding carboxylic acids is 2. The predicted molar refractivity (Wildman–Crippen MR) is 66.3 cm³/mol. The first kappa shape index (κ1) is 14.0. The van der Waals surface area contributed by atoms with Gasteiger partial charge in [0.15, 0.2) is 0 Å². The minimum absolute atomic E-state index is 0.0529. The monoisotopic (exact) mass is 241 g/mol. The second-order valence-electron chi connectivity index (χ2n) is 4.59. The second-order valence-corrected chi connectivity index (χ2v) is 4.59. The average molecular weight is 241 g/mol. The molecule has 5 nitrogen and oxygen atoms in total. The van der Waals surface area contributed by atoms with Crippen LogP contribution in [0.15, 0.2) is 0 Å². The Balaban J connectivity index is 2.48. The summed E-state index contributed by atoms with van der Waals surface area (Å²) in [5.74, 6) is -0.369. The van der Waals surface area contributed by atoms with Crippen LogP contribution in [0, 0.1) is 0 Å². The summed E-state index contributed by atoms with van der Waals surface area (Å²) >= 11 is 0. The van der Waals surface area contributed by atoms with Crippen molar-refractivity contribution in [2.75, 3.05) is 19.6 Å². The van der Waals surface area contributed by atoms with Crippen LogP contribution in [0.4, 0.5) is 0 Å². The van der Waals surface area contributed by atoms with E-state index in [2.05, 4.69) is 12.2 Å². The van der Waals surface area contributed by atoms with E-state index in [4.69, 9.17) is 5.73 Å². The van der Waals surface area contributed by atoms with Gasteiger partial charge in [-0.3, -0.25) is 9.59 Å². The van der Waals surface area contributed by atoms with Crippen LogP contribution >= 0.6 is 0 Å². The number of hydrogen-bond donors (Lipinski definition) is 2. The van der Waals surface area contributed by atoms with E-state index in [0.29, 0.717) is 6.42 Å². The SMILES string of the molecule is CCCCCC(=O)N(CC(N)=O)C1CCNC1. The normalized spacial score (nSPS) is 19.2. The smallest absolute Gasteiger partial charge is 0.237 e. The van der Waals surface area contributed by atoms with Crippen LogP contribution in [0.25, 0.3) is 0 Å². The number of rotatable bonds is 7. The highest BCUT2D eigenvalue weighted by Crippen LogP contribution is 2.11. The number of nitrogens with two attached hydrogens (primary N) is 1. The number of nitrogens with zero attached hydrogens (tertiary/aromatic N) is 1. The van der Waals surface area contributed by atoms with E-state index in [9.17, 15) is 9.59 Å². The first-order chi connectivity index (χ1) is 8.15. The van der Waals surface area contributed by atoms with Crippen molar-refractivity contribution in [3.8, 4) is 0 Å². The lowest BCUT2D eigenvalue weighted by Crippen LogP contribution is -2.46. The summed E-state index contributed by atoms with van der Waals surface area (Å²) in [6.45, 7) is 3.83. The van der Waals surface area contributed by atoms with E-state index in [1.807, 2.05) is 0 Å². The van der Waals surface area contributed by atoms with E-state index in [1.54, 1.807) is 4.90 Å². The lowest BCUT2D eigenvalue weighted by Gasteiger charge is -2.27. The summed E-state index contributed by atoms with van der Waals surface area (Å²) in [6, 6.07) is 0.136. The molecule has 0 aromatic carbocycles. The number of primary amides is 1. The molecule has 17 heavy (non-hydrogen) atoms. The largest absolute Gasteiger partial charge is 0.368 e. The second kappa shape index (κ2) is 7.27. The maximum absolute atomic E-state index is 12.0. The molecule has 1 aliphatic heterocycles. The molecular formula is C12H23N3O2. The summed E-state index contributed by atoms with van der Waals surface area (Å²) in [5, 5.41) is 3.20.